The third-order valence-corrected chi connectivity index (χ3v) is 1.68. The van der Waals surface area contributed by atoms with E-state index in [0.717, 1.165) is 0 Å². The Kier molecular flexibility index (Phi) is 6.48. The van der Waals surface area contributed by atoms with Crippen molar-refractivity contribution in [3.8, 4) is 0 Å². The van der Waals surface area contributed by atoms with Gasteiger partial charge in [-0.25, -0.2) is 0 Å². The maximum absolute atomic E-state index is 10.5. The van der Waals surface area contributed by atoms with Crippen LogP contribution >= 0.6 is 0 Å². The zero-order valence-corrected chi connectivity index (χ0v) is 8.42. The number of carboxylic acid groups (broad SMARTS) is 1. The monoisotopic (exact) mass is 214 g/mol. The van der Waals surface area contributed by atoms with Crippen molar-refractivity contribution in [2.24, 2.45) is 15.8 Å². The Morgan fingerprint density at radius 1 is 1.73 bits per heavy atom. The molecule has 0 rings (SSSR count). The van der Waals surface area contributed by atoms with E-state index >= 15 is 0 Å². The van der Waals surface area contributed by atoms with Crippen molar-refractivity contribution in [1.82, 2.24) is 5.32 Å². The molecule has 0 aliphatic carbocycles. The molecule has 0 aromatic heterocycles. The first kappa shape index (κ1) is 13.1. The van der Waals surface area contributed by atoms with E-state index in [0.29, 0.717) is 18.9 Å². The van der Waals surface area contributed by atoms with Crippen molar-refractivity contribution in [1.29, 1.82) is 0 Å². The molecule has 0 aliphatic heterocycles. The van der Waals surface area contributed by atoms with Crippen molar-refractivity contribution >= 4 is 11.9 Å². The molecule has 0 saturated carbocycles. The molecule has 0 bridgehead atoms. The van der Waals surface area contributed by atoms with E-state index in [-0.39, 0.29) is 6.42 Å². The van der Waals surface area contributed by atoms with E-state index in [4.69, 9.17) is 16.4 Å². The normalized spacial score (nSPS) is 12.7. The number of nitrogens with one attached hydrogen (secondary N) is 1. The standard InChI is InChI=1S/C7H14N6O2/c1-10-7(8)11-4-2-3-5(6(14)15)12-13-9/h5H,2-4H2,1H3,(H,14,15)(H3,8,10,11)/t5-/m0/s1. The number of azide groups is 1. The Hall–Kier alpha value is -1.95. The molecule has 0 amide bonds. The van der Waals surface area contributed by atoms with Crippen molar-refractivity contribution in [3.05, 3.63) is 10.4 Å². The Labute approximate surface area is 86.8 Å². The summed E-state index contributed by atoms with van der Waals surface area (Å²) < 4.78 is 0. The molecule has 8 heteroatoms. The number of nitrogens with zero attached hydrogens (tertiary/aromatic N) is 4. The van der Waals surface area contributed by atoms with Crippen LogP contribution in [-0.4, -0.2) is 36.7 Å². The first-order chi connectivity index (χ1) is 7.11. The molecule has 4 N–H and O–H groups in total. The summed E-state index contributed by atoms with van der Waals surface area (Å²) in [4.78, 5) is 16.7. The summed E-state index contributed by atoms with van der Waals surface area (Å²) >= 11 is 0. The minimum Gasteiger partial charge on any atom is -0.481 e. The summed E-state index contributed by atoms with van der Waals surface area (Å²) in [6, 6.07) is -1.02. The number of aliphatic imine (C=N–C) groups is 1. The number of carbonyl (C=O) groups is 1. The lowest BCUT2D eigenvalue weighted by Crippen LogP contribution is -2.32. The Morgan fingerprint density at radius 3 is 2.87 bits per heavy atom. The van der Waals surface area contributed by atoms with E-state index in [9.17, 15) is 4.79 Å². The van der Waals surface area contributed by atoms with Gasteiger partial charge < -0.3 is 16.2 Å². The highest BCUT2D eigenvalue weighted by molar-refractivity contribution is 5.77. The number of nitrogens with two attached hydrogens (primary N) is 1. The molecule has 0 aromatic rings. The maximum atomic E-state index is 10.5. The highest BCUT2D eigenvalue weighted by atomic mass is 16.4. The zero-order valence-electron chi connectivity index (χ0n) is 8.42. The van der Waals surface area contributed by atoms with Crippen molar-refractivity contribution in [2.75, 3.05) is 13.6 Å². The van der Waals surface area contributed by atoms with Gasteiger partial charge in [-0.05, 0) is 18.4 Å². The SMILES string of the molecule is CN=C(N)NCCC[C@H](N=[N+]=[N-])C(=O)O. The molecule has 0 aromatic carbocycles. The summed E-state index contributed by atoms with van der Waals surface area (Å²) in [5.41, 5.74) is 13.5. The number of rotatable bonds is 6. The van der Waals surface area contributed by atoms with Crippen LogP contribution in [0.4, 0.5) is 0 Å². The largest absolute Gasteiger partial charge is 0.481 e. The van der Waals surface area contributed by atoms with Crippen LogP contribution in [0.25, 0.3) is 10.4 Å². The van der Waals surface area contributed by atoms with E-state index in [1.54, 1.807) is 7.05 Å². The van der Waals surface area contributed by atoms with Gasteiger partial charge in [0.05, 0.1) is 0 Å². The van der Waals surface area contributed by atoms with Crippen molar-refractivity contribution < 1.29 is 9.90 Å². The molecule has 0 saturated heterocycles. The van der Waals surface area contributed by atoms with Crippen LogP contribution in [0.3, 0.4) is 0 Å². The summed E-state index contributed by atoms with van der Waals surface area (Å²) in [5.74, 6) is -0.824. The number of hydrogen-bond acceptors (Lipinski definition) is 3. The van der Waals surface area contributed by atoms with Crippen LogP contribution in [0.1, 0.15) is 12.8 Å². The number of hydrogen-bond donors (Lipinski definition) is 3. The average Bonchev–Trinajstić information content (AvgIpc) is 2.21. The van der Waals surface area contributed by atoms with Crippen LogP contribution in [0, 0.1) is 0 Å². The number of aliphatic carboxylic acids is 1. The second-order valence-corrected chi connectivity index (χ2v) is 2.74. The third kappa shape index (κ3) is 6.17. The highest BCUT2D eigenvalue weighted by Crippen LogP contribution is 2.01. The molecule has 84 valence electrons. The molecular weight excluding hydrogens is 200 g/mol. The van der Waals surface area contributed by atoms with Gasteiger partial charge in [0, 0.05) is 18.5 Å². The van der Waals surface area contributed by atoms with Crippen LogP contribution in [0.2, 0.25) is 0 Å². The predicted molar refractivity (Wildman–Crippen MR) is 55.4 cm³/mol. The maximum Gasteiger partial charge on any atom is 0.312 e. The molecular formula is C7H14N6O2. The Balaban J connectivity index is 3.82. The molecule has 0 unspecified atom stereocenters. The van der Waals surface area contributed by atoms with Gasteiger partial charge in [0.2, 0.25) is 0 Å². The third-order valence-electron chi connectivity index (χ3n) is 1.68. The lowest BCUT2D eigenvalue weighted by atomic mass is 10.2. The average molecular weight is 214 g/mol. The fourth-order valence-corrected chi connectivity index (χ4v) is 0.884. The van der Waals surface area contributed by atoms with Gasteiger partial charge in [0.15, 0.2) is 5.96 Å². The molecule has 0 spiro atoms. The lowest BCUT2D eigenvalue weighted by Gasteiger charge is -2.06. The molecule has 0 radical (unpaired) electrons. The van der Waals surface area contributed by atoms with Gasteiger partial charge in [0.25, 0.3) is 0 Å². The Bertz CT molecular complexity index is 281. The smallest absolute Gasteiger partial charge is 0.312 e. The highest BCUT2D eigenvalue weighted by Gasteiger charge is 2.14. The molecule has 0 aliphatic rings. The van der Waals surface area contributed by atoms with Crippen LogP contribution in [-0.2, 0) is 4.79 Å². The molecule has 1 atom stereocenters. The van der Waals surface area contributed by atoms with Gasteiger partial charge in [-0.1, -0.05) is 5.11 Å². The minimum atomic E-state index is -1.12. The second-order valence-electron chi connectivity index (χ2n) is 2.74. The quantitative estimate of drug-likeness (QED) is 0.144. The molecule has 0 fully saturated rings. The first-order valence-corrected chi connectivity index (χ1v) is 4.35. The number of carboxylic acids is 1. The van der Waals surface area contributed by atoms with Gasteiger partial charge >= 0.3 is 5.97 Å². The summed E-state index contributed by atoms with van der Waals surface area (Å²) in [7, 11) is 1.54. The van der Waals surface area contributed by atoms with Crippen LogP contribution in [0.15, 0.2) is 10.1 Å². The fourth-order valence-electron chi connectivity index (χ4n) is 0.884. The van der Waals surface area contributed by atoms with Crippen molar-refractivity contribution in [2.45, 2.75) is 18.9 Å². The summed E-state index contributed by atoms with van der Waals surface area (Å²) in [5, 5.41) is 14.5. The van der Waals surface area contributed by atoms with Crippen molar-refractivity contribution in [3.63, 3.8) is 0 Å². The second kappa shape index (κ2) is 7.45. The van der Waals surface area contributed by atoms with Gasteiger partial charge in [0.1, 0.15) is 6.04 Å². The zero-order chi connectivity index (χ0) is 11.7. The fraction of sp³-hybridized carbons (Fsp3) is 0.714. The molecule has 0 heterocycles. The van der Waals surface area contributed by atoms with E-state index < -0.39 is 12.0 Å². The van der Waals surface area contributed by atoms with E-state index in [1.807, 2.05) is 0 Å². The molecule has 8 nitrogen and oxygen atoms in total. The summed E-state index contributed by atoms with van der Waals surface area (Å²) in [6.45, 7) is 0.494. The first-order valence-electron chi connectivity index (χ1n) is 4.35. The van der Waals surface area contributed by atoms with E-state index in [1.165, 1.54) is 0 Å². The topological polar surface area (TPSA) is 136 Å². The van der Waals surface area contributed by atoms with Gasteiger partial charge in [-0.2, -0.15) is 0 Å². The van der Waals surface area contributed by atoms with Gasteiger partial charge in [-0.15, -0.1) is 0 Å². The van der Waals surface area contributed by atoms with E-state index in [2.05, 4.69) is 20.3 Å². The Morgan fingerprint density at radius 2 is 2.40 bits per heavy atom. The van der Waals surface area contributed by atoms with Crippen LogP contribution < -0.4 is 11.1 Å². The minimum absolute atomic E-state index is 0.267. The lowest BCUT2D eigenvalue weighted by molar-refractivity contribution is -0.138. The van der Waals surface area contributed by atoms with Crippen LogP contribution in [0.5, 0.6) is 0 Å². The predicted octanol–water partition coefficient (Wildman–Crippen LogP) is 0.0642. The van der Waals surface area contributed by atoms with Gasteiger partial charge in [-0.3, -0.25) is 9.79 Å². The molecule has 15 heavy (non-hydrogen) atoms. The summed E-state index contributed by atoms with van der Waals surface area (Å²) in [6.07, 6.45) is 0.801. The number of guanidine groups is 1.